The van der Waals surface area contributed by atoms with Gasteiger partial charge in [0.1, 0.15) is 5.69 Å². The van der Waals surface area contributed by atoms with Crippen molar-refractivity contribution in [3.05, 3.63) is 88.6 Å². The van der Waals surface area contributed by atoms with Crippen molar-refractivity contribution in [3.63, 3.8) is 0 Å². The molecule has 35 heavy (non-hydrogen) atoms. The van der Waals surface area contributed by atoms with E-state index in [0.29, 0.717) is 29.6 Å². The Morgan fingerprint density at radius 1 is 1.00 bits per heavy atom. The summed E-state index contributed by atoms with van der Waals surface area (Å²) in [5.74, 6) is -2.59. The maximum atomic E-state index is 14.1. The Kier molecular flexibility index (Phi) is 5.48. The highest BCUT2D eigenvalue weighted by atomic mass is 19.2. The van der Waals surface area contributed by atoms with E-state index < -0.39 is 17.7 Å². The maximum absolute atomic E-state index is 14.1. The number of carbonyl (C=O) groups is 2. The van der Waals surface area contributed by atoms with Gasteiger partial charge in [-0.05, 0) is 52.1 Å². The van der Waals surface area contributed by atoms with Gasteiger partial charge in [-0.1, -0.05) is 30.3 Å². The standard InChI is InChI=1S/C25H19F2N5O3/c26-19-8-16(10-29-25(34)35)17(9-20(19)27)13-5-6-21-18(7-13)22(31-24(28)30-21)23(33)32-11-14-3-1-2-4-15(14)12-32/h1-9,29H,10-12H2,(H,34,35)(H2,28,30,31). The van der Waals surface area contributed by atoms with Gasteiger partial charge in [0.05, 0.1) is 5.52 Å². The van der Waals surface area contributed by atoms with Crippen LogP contribution in [0.15, 0.2) is 54.6 Å². The zero-order valence-electron chi connectivity index (χ0n) is 18.3. The molecule has 3 aromatic carbocycles. The Morgan fingerprint density at radius 2 is 1.69 bits per heavy atom. The summed E-state index contributed by atoms with van der Waals surface area (Å²) < 4.78 is 28.1. The van der Waals surface area contributed by atoms with E-state index in [1.165, 1.54) is 0 Å². The van der Waals surface area contributed by atoms with E-state index in [-0.39, 0.29) is 35.2 Å². The van der Waals surface area contributed by atoms with Crippen LogP contribution in [0.4, 0.5) is 19.5 Å². The minimum atomic E-state index is -1.30. The average Bonchev–Trinajstić information content (AvgIpc) is 3.27. The Morgan fingerprint density at radius 3 is 2.37 bits per heavy atom. The van der Waals surface area contributed by atoms with Gasteiger partial charge < -0.3 is 21.1 Å². The Balaban J connectivity index is 1.59. The van der Waals surface area contributed by atoms with Gasteiger partial charge in [0, 0.05) is 25.0 Å². The minimum absolute atomic E-state index is 0.0653. The molecule has 4 aromatic rings. The summed E-state index contributed by atoms with van der Waals surface area (Å²) in [6.07, 6.45) is -1.30. The number of carbonyl (C=O) groups excluding carboxylic acids is 1. The number of fused-ring (bicyclic) bond motifs is 2. The normalized spacial score (nSPS) is 12.6. The second-order valence-electron chi connectivity index (χ2n) is 8.17. The van der Waals surface area contributed by atoms with Gasteiger partial charge in [-0.3, -0.25) is 4.79 Å². The number of amides is 2. The van der Waals surface area contributed by atoms with Crippen molar-refractivity contribution in [3.8, 4) is 11.1 Å². The molecule has 4 N–H and O–H groups in total. The first-order valence-corrected chi connectivity index (χ1v) is 10.7. The van der Waals surface area contributed by atoms with E-state index >= 15 is 0 Å². The summed E-state index contributed by atoms with van der Waals surface area (Å²) in [5, 5.41) is 11.5. The fourth-order valence-electron chi connectivity index (χ4n) is 4.28. The molecule has 5 rings (SSSR count). The number of hydrogen-bond acceptors (Lipinski definition) is 5. The van der Waals surface area contributed by atoms with Gasteiger partial charge in [-0.15, -0.1) is 0 Å². The molecule has 10 heteroatoms. The van der Waals surface area contributed by atoms with Crippen LogP contribution in [0.5, 0.6) is 0 Å². The van der Waals surface area contributed by atoms with E-state index in [1.54, 1.807) is 23.1 Å². The molecule has 1 aliphatic rings. The smallest absolute Gasteiger partial charge is 0.404 e. The minimum Gasteiger partial charge on any atom is -0.465 e. The number of nitrogens with zero attached hydrogens (tertiary/aromatic N) is 3. The number of hydrogen-bond donors (Lipinski definition) is 3. The van der Waals surface area contributed by atoms with Crippen LogP contribution in [0, 0.1) is 11.6 Å². The van der Waals surface area contributed by atoms with E-state index in [1.807, 2.05) is 24.3 Å². The fraction of sp³-hybridized carbons (Fsp3) is 0.120. The Bertz CT molecular complexity index is 1480. The van der Waals surface area contributed by atoms with Crippen LogP contribution in [0.25, 0.3) is 22.0 Å². The fourth-order valence-corrected chi connectivity index (χ4v) is 4.28. The van der Waals surface area contributed by atoms with Gasteiger partial charge >= 0.3 is 6.09 Å². The highest BCUT2D eigenvalue weighted by molar-refractivity contribution is 6.06. The van der Waals surface area contributed by atoms with Gasteiger partial charge in [0.15, 0.2) is 11.6 Å². The predicted octanol–water partition coefficient (Wildman–Crippen LogP) is 4.08. The van der Waals surface area contributed by atoms with Crippen LogP contribution in [0.2, 0.25) is 0 Å². The van der Waals surface area contributed by atoms with Crippen molar-refractivity contribution in [2.75, 3.05) is 5.73 Å². The van der Waals surface area contributed by atoms with Crippen LogP contribution in [0.3, 0.4) is 0 Å². The summed E-state index contributed by atoms with van der Waals surface area (Å²) in [6.45, 7) is 0.610. The molecule has 0 unspecified atom stereocenters. The number of benzene rings is 3. The molecule has 0 atom stereocenters. The number of rotatable bonds is 4. The number of halogens is 2. The molecule has 0 fully saturated rings. The van der Waals surface area contributed by atoms with E-state index in [0.717, 1.165) is 23.3 Å². The van der Waals surface area contributed by atoms with Gasteiger partial charge in [-0.2, -0.15) is 0 Å². The molecular weight excluding hydrogens is 456 g/mol. The summed E-state index contributed by atoms with van der Waals surface area (Å²) in [6, 6.07) is 14.5. The lowest BCUT2D eigenvalue weighted by atomic mass is 9.97. The number of aromatic nitrogens is 2. The number of nitrogens with two attached hydrogens (primary N) is 1. The lowest BCUT2D eigenvalue weighted by molar-refractivity contribution is 0.0747. The number of anilines is 1. The first-order valence-electron chi connectivity index (χ1n) is 10.7. The number of nitrogen functional groups attached to an aromatic ring is 1. The average molecular weight is 475 g/mol. The molecule has 0 saturated carbocycles. The Labute approximate surface area is 198 Å². The first-order chi connectivity index (χ1) is 16.8. The predicted molar refractivity (Wildman–Crippen MR) is 124 cm³/mol. The quantitative estimate of drug-likeness (QED) is 0.409. The molecule has 2 amide bonds. The lowest BCUT2D eigenvalue weighted by Crippen LogP contribution is -2.27. The topological polar surface area (TPSA) is 121 Å². The zero-order chi connectivity index (χ0) is 24.7. The maximum Gasteiger partial charge on any atom is 0.404 e. The van der Waals surface area contributed by atoms with Crippen molar-refractivity contribution in [2.45, 2.75) is 19.6 Å². The summed E-state index contributed by atoms with van der Waals surface area (Å²) >= 11 is 0. The third-order valence-corrected chi connectivity index (χ3v) is 5.93. The highest BCUT2D eigenvalue weighted by Crippen LogP contribution is 2.31. The third kappa shape index (κ3) is 4.21. The van der Waals surface area contributed by atoms with Crippen LogP contribution in [-0.4, -0.2) is 32.0 Å². The molecule has 8 nitrogen and oxygen atoms in total. The second-order valence-corrected chi connectivity index (χ2v) is 8.17. The van der Waals surface area contributed by atoms with E-state index in [9.17, 15) is 18.4 Å². The van der Waals surface area contributed by atoms with Gasteiger partial charge in [0.25, 0.3) is 5.91 Å². The largest absolute Gasteiger partial charge is 0.465 e. The van der Waals surface area contributed by atoms with Crippen LogP contribution >= 0.6 is 0 Å². The highest BCUT2D eigenvalue weighted by Gasteiger charge is 2.27. The van der Waals surface area contributed by atoms with Crippen LogP contribution in [-0.2, 0) is 19.6 Å². The van der Waals surface area contributed by atoms with E-state index in [4.69, 9.17) is 10.8 Å². The van der Waals surface area contributed by atoms with E-state index in [2.05, 4.69) is 15.3 Å². The number of nitrogens with one attached hydrogen (secondary N) is 1. The van der Waals surface area contributed by atoms with Gasteiger partial charge in [0.2, 0.25) is 5.95 Å². The summed E-state index contributed by atoms with van der Waals surface area (Å²) in [5.41, 5.74) is 9.40. The first kappa shape index (κ1) is 22.2. The molecule has 1 aliphatic heterocycles. The Hall–Kier alpha value is -4.60. The molecule has 0 saturated heterocycles. The number of carboxylic acid groups (broad SMARTS) is 1. The molecule has 1 aromatic heterocycles. The van der Waals surface area contributed by atoms with Gasteiger partial charge in [-0.25, -0.2) is 23.5 Å². The van der Waals surface area contributed by atoms with Crippen molar-refractivity contribution < 1.29 is 23.5 Å². The molecule has 0 bridgehead atoms. The monoisotopic (exact) mass is 475 g/mol. The molecular formula is C25H19F2N5O3. The van der Waals surface area contributed by atoms with Crippen molar-refractivity contribution in [2.24, 2.45) is 0 Å². The summed E-state index contributed by atoms with van der Waals surface area (Å²) in [7, 11) is 0. The second kappa shape index (κ2) is 8.64. The SMILES string of the molecule is Nc1nc(C(=O)N2Cc3ccccc3C2)c2cc(-c3cc(F)c(F)cc3CNC(=O)O)ccc2n1. The lowest BCUT2D eigenvalue weighted by Gasteiger charge is -2.17. The molecule has 0 spiro atoms. The molecule has 0 radical (unpaired) electrons. The van der Waals surface area contributed by atoms with Crippen molar-refractivity contribution >= 4 is 28.9 Å². The van der Waals surface area contributed by atoms with Crippen molar-refractivity contribution in [1.82, 2.24) is 20.2 Å². The summed E-state index contributed by atoms with van der Waals surface area (Å²) in [4.78, 5) is 34.5. The third-order valence-electron chi connectivity index (χ3n) is 5.93. The van der Waals surface area contributed by atoms with Crippen molar-refractivity contribution in [1.29, 1.82) is 0 Å². The molecule has 0 aliphatic carbocycles. The van der Waals surface area contributed by atoms with Crippen LogP contribution < -0.4 is 11.1 Å². The zero-order valence-corrected chi connectivity index (χ0v) is 18.3. The van der Waals surface area contributed by atoms with Crippen LogP contribution in [0.1, 0.15) is 27.2 Å². The molecule has 176 valence electrons. The molecule has 2 heterocycles.